The smallest absolute Gasteiger partial charge is 0.410 e. The number of nitrogens with zero attached hydrogens (tertiary/aromatic N) is 2. The Kier molecular flexibility index (Phi) is 5.43. The van der Waals surface area contributed by atoms with Crippen LogP contribution < -0.4 is 15.4 Å². The Labute approximate surface area is 211 Å². The number of rotatable bonds is 4. The van der Waals surface area contributed by atoms with Gasteiger partial charge in [-0.3, -0.25) is 4.79 Å². The van der Waals surface area contributed by atoms with Crippen molar-refractivity contribution in [2.24, 2.45) is 0 Å². The number of carbonyl (C=O) groups is 1. The number of carbonyl (C=O) groups excluding carboxylic acids is 1. The second kappa shape index (κ2) is 8.69. The van der Waals surface area contributed by atoms with Gasteiger partial charge in [0.2, 0.25) is 0 Å². The van der Waals surface area contributed by atoms with Gasteiger partial charge >= 0.3 is 6.18 Å². The van der Waals surface area contributed by atoms with Crippen LogP contribution >= 0.6 is 0 Å². The quantitative estimate of drug-likeness (QED) is 0.355. The summed E-state index contributed by atoms with van der Waals surface area (Å²) in [5, 5.41) is 10.2. The van der Waals surface area contributed by atoms with E-state index in [1.54, 1.807) is 24.3 Å². The Bertz CT molecular complexity index is 1430. The molecule has 1 aliphatic carbocycles. The number of ether oxygens (including phenoxy) is 1. The van der Waals surface area contributed by atoms with Gasteiger partial charge in [0, 0.05) is 6.42 Å². The topological polar surface area (TPSA) is 68.2 Å². The van der Waals surface area contributed by atoms with E-state index in [9.17, 15) is 18.0 Å². The van der Waals surface area contributed by atoms with Crippen LogP contribution in [0.15, 0.2) is 79.0 Å². The molecule has 188 valence electrons. The molecule has 1 aromatic heterocycles. The molecule has 0 spiro atoms. The van der Waals surface area contributed by atoms with Gasteiger partial charge in [0.05, 0.1) is 25.4 Å². The monoisotopic (exact) mass is 504 g/mol. The minimum Gasteiger partial charge on any atom is -0.497 e. The first kappa shape index (κ1) is 23.1. The third kappa shape index (κ3) is 3.91. The number of nitrogens with one attached hydrogen (secondary N) is 2. The lowest BCUT2D eigenvalue weighted by atomic mass is 9.96. The fraction of sp³-hybridized carbons (Fsp3) is 0.214. The summed E-state index contributed by atoms with van der Waals surface area (Å²) in [7, 11) is 1.53. The minimum atomic E-state index is -4.54. The van der Waals surface area contributed by atoms with E-state index >= 15 is 0 Å². The van der Waals surface area contributed by atoms with E-state index in [1.807, 2.05) is 48.5 Å². The lowest BCUT2D eigenvalue weighted by Gasteiger charge is -2.34. The lowest BCUT2D eigenvalue weighted by molar-refractivity contribution is -0.173. The second-order valence-electron chi connectivity index (χ2n) is 9.20. The second-order valence-corrected chi connectivity index (χ2v) is 9.20. The Morgan fingerprint density at radius 2 is 1.62 bits per heavy atom. The first-order valence-electron chi connectivity index (χ1n) is 11.9. The summed E-state index contributed by atoms with van der Waals surface area (Å²) < 4.78 is 48.3. The highest BCUT2D eigenvalue weighted by molar-refractivity contribution is 6.00. The maximum absolute atomic E-state index is 14.1. The maximum atomic E-state index is 14.1. The Morgan fingerprint density at radius 3 is 2.22 bits per heavy atom. The molecule has 2 atom stereocenters. The molecule has 6 rings (SSSR count). The summed E-state index contributed by atoms with van der Waals surface area (Å²) in [5.74, 6) is 0.155. The van der Waals surface area contributed by atoms with E-state index in [1.165, 1.54) is 13.3 Å². The number of hydrogen-bond donors (Lipinski definition) is 2. The molecule has 9 heteroatoms. The van der Waals surface area contributed by atoms with Crippen molar-refractivity contribution in [1.82, 2.24) is 15.1 Å². The summed E-state index contributed by atoms with van der Waals surface area (Å²) in [6.45, 7) is 0. The number of hydrogen-bond acceptors (Lipinski definition) is 4. The van der Waals surface area contributed by atoms with E-state index < -0.39 is 30.2 Å². The Balaban J connectivity index is 1.35. The number of aromatic nitrogens is 2. The van der Waals surface area contributed by atoms with Gasteiger partial charge in [-0.25, -0.2) is 4.68 Å². The zero-order valence-corrected chi connectivity index (χ0v) is 19.8. The number of halogens is 3. The number of anilines is 1. The zero-order chi connectivity index (χ0) is 25.7. The summed E-state index contributed by atoms with van der Waals surface area (Å²) in [6.07, 6.45) is -3.58. The zero-order valence-electron chi connectivity index (χ0n) is 19.8. The van der Waals surface area contributed by atoms with Crippen molar-refractivity contribution in [1.29, 1.82) is 0 Å². The van der Waals surface area contributed by atoms with Crippen LogP contribution in [-0.4, -0.2) is 29.0 Å². The van der Waals surface area contributed by atoms with Crippen LogP contribution in [0.4, 0.5) is 19.0 Å². The average Bonchev–Trinajstić information content (AvgIpc) is 3.47. The molecule has 2 unspecified atom stereocenters. The van der Waals surface area contributed by atoms with Gasteiger partial charge in [0.15, 0.2) is 6.04 Å². The van der Waals surface area contributed by atoms with Crippen molar-refractivity contribution in [3.05, 3.63) is 101 Å². The van der Waals surface area contributed by atoms with E-state index in [0.29, 0.717) is 11.3 Å². The largest absolute Gasteiger partial charge is 0.497 e. The van der Waals surface area contributed by atoms with E-state index in [-0.39, 0.29) is 17.8 Å². The van der Waals surface area contributed by atoms with Crippen LogP contribution in [0.3, 0.4) is 0 Å². The van der Waals surface area contributed by atoms with Crippen LogP contribution in [0.5, 0.6) is 5.75 Å². The predicted molar refractivity (Wildman–Crippen MR) is 132 cm³/mol. The fourth-order valence-electron chi connectivity index (χ4n) is 5.30. The summed E-state index contributed by atoms with van der Waals surface area (Å²) in [6, 6.07) is 19.5. The maximum Gasteiger partial charge on any atom is 0.410 e. The fourth-order valence-corrected chi connectivity index (χ4v) is 5.30. The third-order valence-corrected chi connectivity index (χ3v) is 7.11. The normalized spacial score (nSPS) is 18.4. The van der Waals surface area contributed by atoms with Crippen molar-refractivity contribution in [2.45, 2.75) is 30.7 Å². The highest BCUT2D eigenvalue weighted by Crippen LogP contribution is 2.46. The lowest BCUT2D eigenvalue weighted by Crippen LogP contribution is -2.36. The molecule has 0 radical (unpaired) electrons. The molecule has 2 N–H and O–H groups in total. The van der Waals surface area contributed by atoms with Crippen molar-refractivity contribution >= 4 is 11.7 Å². The van der Waals surface area contributed by atoms with E-state index in [2.05, 4.69) is 15.7 Å². The molecule has 1 aliphatic heterocycles. The van der Waals surface area contributed by atoms with Crippen LogP contribution in [0.1, 0.15) is 51.6 Å². The molecule has 0 bridgehead atoms. The Morgan fingerprint density at radius 1 is 1.00 bits per heavy atom. The van der Waals surface area contributed by atoms with Gasteiger partial charge in [-0.2, -0.15) is 18.3 Å². The van der Waals surface area contributed by atoms with Gasteiger partial charge in [-0.1, -0.05) is 60.7 Å². The molecule has 0 fully saturated rings. The molecule has 6 nitrogen and oxygen atoms in total. The van der Waals surface area contributed by atoms with Gasteiger partial charge in [-0.15, -0.1) is 0 Å². The van der Waals surface area contributed by atoms with Crippen molar-refractivity contribution in [3.8, 4) is 16.9 Å². The van der Waals surface area contributed by atoms with Crippen LogP contribution in [0, 0.1) is 0 Å². The molecule has 1 amide bonds. The van der Waals surface area contributed by atoms with Gasteiger partial charge in [0.25, 0.3) is 5.91 Å². The molecule has 0 saturated heterocycles. The first-order chi connectivity index (χ1) is 17.8. The van der Waals surface area contributed by atoms with Crippen LogP contribution in [0.25, 0.3) is 11.1 Å². The molecular formula is C28H23F3N4O2. The number of benzene rings is 3. The molecular weight excluding hydrogens is 481 g/mol. The van der Waals surface area contributed by atoms with Crippen LogP contribution in [0.2, 0.25) is 0 Å². The number of amides is 1. The first-order valence-corrected chi connectivity index (χ1v) is 11.9. The number of methoxy groups -OCH3 is 1. The van der Waals surface area contributed by atoms with Crippen LogP contribution in [-0.2, 0) is 0 Å². The highest BCUT2D eigenvalue weighted by atomic mass is 19.4. The van der Waals surface area contributed by atoms with Crippen molar-refractivity contribution in [2.75, 3.05) is 12.4 Å². The van der Waals surface area contributed by atoms with Crippen molar-refractivity contribution < 1.29 is 22.7 Å². The molecule has 0 saturated carbocycles. The minimum absolute atomic E-state index is 0.0476. The summed E-state index contributed by atoms with van der Waals surface area (Å²) in [5.41, 5.74) is 4.65. The molecule has 3 aromatic carbocycles. The average molecular weight is 505 g/mol. The number of alkyl halides is 3. The summed E-state index contributed by atoms with van der Waals surface area (Å²) in [4.78, 5) is 13.5. The molecule has 37 heavy (non-hydrogen) atoms. The van der Waals surface area contributed by atoms with E-state index in [0.717, 1.165) is 26.9 Å². The Hall–Kier alpha value is -4.27. The van der Waals surface area contributed by atoms with Gasteiger partial charge in [0.1, 0.15) is 17.1 Å². The number of fused-ring (bicyclic) bond motifs is 4. The van der Waals surface area contributed by atoms with E-state index in [4.69, 9.17) is 4.74 Å². The van der Waals surface area contributed by atoms with Crippen molar-refractivity contribution in [3.63, 3.8) is 0 Å². The molecule has 2 heterocycles. The van der Waals surface area contributed by atoms with Gasteiger partial charge in [-0.05, 0) is 39.9 Å². The summed E-state index contributed by atoms with van der Waals surface area (Å²) >= 11 is 0. The SMILES string of the molecule is COc1ccc(C2CC(C(F)(F)F)n3ncc(C(=O)NC4c5ccccc5-c5ccccc54)c3N2)cc1. The molecule has 2 aliphatic rings. The predicted octanol–water partition coefficient (Wildman–Crippen LogP) is 6.05. The standard InChI is InChI=1S/C28H23F3N4O2/c1-37-17-12-10-16(11-13-17)23-14-24(28(29,30)31)35-26(33-23)22(15-32-35)27(36)34-25-20-8-4-2-6-18(20)19-7-3-5-9-21(19)25/h2-13,15,23-25,33H,14H2,1H3,(H,34,36). The van der Waals surface area contributed by atoms with Gasteiger partial charge < -0.3 is 15.4 Å². The molecule has 4 aromatic rings. The third-order valence-electron chi connectivity index (χ3n) is 7.11. The highest BCUT2D eigenvalue weighted by Gasteiger charge is 2.47.